The molecule has 2 aromatic heterocycles. The molecular weight excluding hydrogens is 436 g/mol. The molecule has 1 aliphatic rings. The highest BCUT2D eigenvalue weighted by molar-refractivity contribution is 9.10. The fraction of sp³-hybridized carbons (Fsp3) is 0.286. The van der Waals surface area contributed by atoms with Gasteiger partial charge >= 0.3 is 0 Å². The van der Waals surface area contributed by atoms with Gasteiger partial charge in [-0.05, 0) is 49.6 Å². The van der Waals surface area contributed by atoms with Gasteiger partial charge in [0, 0.05) is 29.2 Å². The zero-order valence-corrected chi connectivity index (χ0v) is 17.4. The van der Waals surface area contributed by atoms with Crippen LogP contribution >= 0.6 is 15.9 Å². The first kappa shape index (κ1) is 19.3. The summed E-state index contributed by atoms with van der Waals surface area (Å²) < 4.78 is 12.1. The summed E-state index contributed by atoms with van der Waals surface area (Å²) in [5, 5.41) is 12.4. The number of carbonyl (C=O) groups excluding carboxylic acids is 1. The van der Waals surface area contributed by atoms with Crippen molar-refractivity contribution < 1.29 is 13.6 Å². The summed E-state index contributed by atoms with van der Waals surface area (Å²) in [7, 11) is 0. The van der Waals surface area contributed by atoms with E-state index in [1.165, 1.54) is 6.26 Å². The first-order valence-corrected chi connectivity index (χ1v) is 10.1. The molecule has 1 fully saturated rings. The van der Waals surface area contributed by atoms with Crippen molar-refractivity contribution in [3.63, 3.8) is 0 Å². The van der Waals surface area contributed by atoms with E-state index in [1.807, 2.05) is 30.0 Å². The number of anilines is 2. The molecule has 148 valence electrons. The summed E-state index contributed by atoms with van der Waals surface area (Å²) >= 11 is 3.49. The molecule has 0 unspecified atom stereocenters. The van der Waals surface area contributed by atoms with Gasteiger partial charge in [-0.3, -0.25) is 4.79 Å². The van der Waals surface area contributed by atoms with Crippen molar-refractivity contribution in [1.29, 1.82) is 5.26 Å². The van der Waals surface area contributed by atoms with E-state index >= 15 is 0 Å². The average Bonchev–Trinajstić information content (AvgIpc) is 3.40. The van der Waals surface area contributed by atoms with Gasteiger partial charge in [0.25, 0.3) is 5.89 Å². The number of nitrogens with zero attached hydrogens (tertiary/aromatic N) is 3. The first-order valence-electron chi connectivity index (χ1n) is 9.32. The predicted molar refractivity (Wildman–Crippen MR) is 111 cm³/mol. The van der Waals surface area contributed by atoms with Gasteiger partial charge in [0.1, 0.15) is 6.07 Å². The molecule has 1 aromatic carbocycles. The van der Waals surface area contributed by atoms with Crippen LogP contribution in [0.1, 0.15) is 24.1 Å². The van der Waals surface area contributed by atoms with Crippen LogP contribution in [-0.4, -0.2) is 24.0 Å². The number of nitriles is 1. The van der Waals surface area contributed by atoms with Crippen molar-refractivity contribution in [2.75, 3.05) is 23.3 Å². The number of oxazole rings is 1. The van der Waals surface area contributed by atoms with Crippen LogP contribution in [-0.2, 0) is 4.79 Å². The van der Waals surface area contributed by atoms with Crippen LogP contribution in [0.3, 0.4) is 0 Å². The number of carbonyl (C=O) groups is 1. The number of nitrogens with one attached hydrogen (secondary N) is 1. The minimum Gasteiger partial charge on any atom is -0.459 e. The van der Waals surface area contributed by atoms with Gasteiger partial charge in [0.2, 0.25) is 17.5 Å². The number of aryl methyl sites for hydroxylation is 1. The normalized spacial score (nSPS) is 14.6. The molecule has 3 heterocycles. The summed E-state index contributed by atoms with van der Waals surface area (Å²) in [6.07, 6.45) is 2.86. The zero-order valence-electron chi connectivity index (χ0n) is 15.8. The third-order valence-electron chi connectivity index (χ3n) is 5.04. The Balaban J connectivity index is 1.41. The largest absolute Gasteiger partial charge is 0.459 e. The Bertz CT molecular complexity index is 1060. The van der Waals surface area contributed by atoms with E-state index < -0.39 is 0 Å². The van der Waals surface area contributed by atoms with Crippen molar-refractivity contribution in [1.82, 2.24) is 4.98 Å². The molecule has 0 saturated carbocycles. The van der Waals surface area contributed by atoms with E-state index in [0.29, 0.717) is 37.6 Å². The van der Waals surface area contributed by atoms with E-state index in [9.17, 15) is 10.1 Å². The lowest BCUT2D eigenvalue weighted by Gasteiger charge is -2.31. The molecule has 1 amide bonds. The van der Waals surface area contributed by atoms with Gasteiger partial charge in [0.15, 0.2) is 5.76 Å². The number of hydrogen-bond donors (Lipinski definition) is 1. The van der Waals surface area contributed by atoms with Crippen molar-refractivity contribution >= 4 is 33.4 Å². The number of hydrogen-bond acceptors (Lipinski definition) is 6. The molecule has 0 atom stereocenters. The van der Waals surface area contributed by atoms with Gasteiger partial charge in [-0.1, -0.05) is 22.0 Å². The first-order chi connectivity index (χ1) is 14.0. The Morgan fingerprint density at radius 3 is 2.79 bits per heavy atom. The van der Waals surface area contributed by atoms with Gasteiger partial charge in [0.05, 0.1) is 6.26 Å². The molecule has 3 aromatic rings. The second-order valence-electron chi connectivity index (χ2n) is 6.98. The van der Waals surface area contributed by atoms with E-state index in [-0.39, 0.29) is 23.4 Å². The summed E-state index contributed by atoms with van der Waals surface area (Å²) in [5.74, 6) is 1.11. The minimum atomic E-state index is -0.0932. The molecule has 1 aliphatic heterocycles. The van der Waals surface area contributed by atoms with E-state index in [0.717, 1.165) is 15.7 Å². The van der Waals surface area contributed by atoms with E-state index in [1.54, 1.807) is 12.1 Å². The fourth-order valence-electron chi connectivity index (χ4n) is 3.36. The van der Waals surface area contributed by atoms with Crippen molar-refractivity contribution in [2.24, 2.45) is 5.92 Å². The Morgan fingerprint density at radius 2 is 2.14 bits per heavy atom. The van der Waals surface area contributed by atoms with Gasteiger partial charge < -0.3 is 19.1 Å². The lowest BCUT2D eigenvalue weighted by Crippen LogP contribution is -2.38. The highest BCUT2D eigenvalue weighted by atomic mass is 79.9. The standard InChI is InChI=1S/C21H19BrN4O3/c1-13-4-5-15(11-16(13)22)24-19(27)14-6-8-26(9-7-14)21-17(12-23)25-20(29-21)18-3-2-10-28-18/h2-5,10-11,14H,6-9H2,1H3,(H,24,27). The van der Waals surface area contributed by atoms with Crippen LogP contribution in [0.15, 0.2) is 49.9 Å². The number of amides is 1. The van der Waals surface area contributed by atoms with Crippen LogP contribution in [0.4, 0.5) is 11.6 Å². The third kappa shape index (κ3) is 4.05. The second-order valence-corrected chi connectivity index (χ2v) is 7.83. The number of halogens is 1. The number of piperidine rings is 1. The molecule has 0 radical (unpaired) electrons. The molecule has 1 saturated heterocycles. The summed E-state index contributed by atoms with van der Waals surface area (Å²) in [6.45, 7) is 3.22. The summed E-state index contributed by atoms with van der Waals surface area (Å²) in [4.78, 5) is 18.8. The van der Waals surface area contributed by atoms with Gasteiger partial charge in [-0.2, -0.15) is 10.2 Å². The van der Waals surface area contributed by atoms with Crippen LogP contribution in [0.25, 0.3) is 11.7 Å². The number of aromatic nitrogens is 1. The lowest BCUT2D eigenvalue weighted by molar-refractivity contribution is -0.120. The third-order valence-corrected chi connectivity index (χ3v) is 5.89. The molecule has 7 nitrogen and oxygen atoms in total. The van der Waals surface area contributed by atoms with Crippen molar-refractivity contribution in [2.45, 2.75) is 19.8 Å². The minimum absolute atomic E-state index is 0.00903. The Hall–Kier alpha value is -3.05. The van der Waals surface area contributed by atoms with E-state index in [2.05, 4.69) is 32.3 Å². The summed E-state index contributed by atoms with van der Waals surface area (Å²) in [6, 6.07) is 11.3. The topological polar surface area (TPSA) is 95.3 Å². The highest BCUT2D eigenvalue weighted by Crippen LogP contribution is 2.31. The number of rotatable bonds is 4. The maximum absolute atomic E-state index is 12.6. The Kier molecular flexibility index (Phi) is 5.41. The van der Waals surface area contributed by atoms with Crippen molar-refractivity contribution in [3.05, 3.63) is 52.3 Å². The Morgan fingerprint density at radius 1 is 1.34 bits per heavy atom. The maximum Gasteiger partial charge on any atom is 0.266 e. The number of furan rings is 1. The maximum atomic E-state index is 12.6. The second kappa shape index (κ2) is 8.13. The molecule has 8 heteroatoms. The predicted octanol–water partition coefficient (Wildman–Crippen LogP) is 4.73. The van der Waals surface area contributed by atoms with Crippen LogP contribution in [0.2, 0.25) is 0 Å². The summed E-state index contributed by atoms with van der Waals surface area (Å²) in [5.41, 5.74) is 2.12. The quantitative estimate of drug-likeness (QED) is 0.611. The lowest BCUT2D eigenvalue weighted by atomic mass is 9.95. The molecule has 29 heavy (non-hydrogen) atoms. The van der Waals surface area contributed by atoms with Crippen LogP contribution in [0.5, 0.6) is 0 Å². The molecule has 1 N–H and O–H groups in total. The van der Waals surface area contributed by atoms with Crippen molar-refractivity contribution in [3.8, 4) is 17.7 Å². The monoisotopic (exact) mass is 454 g/mol. The molecule has 0 spiro atoms. The SMILES string of the molecule is Cc1ccc(NC(=O)C2CCN(c3oc(-c4ccco4)nc3C#N)CC2)cc1Br. The van der Waals surface area contributed by atoms with E-state index in [4.69, 9.17) is 8.83 Å². The molecule has 4 rings (SSSR count). The van der Waals surface area contributed by atoms with Crippen LogP contribution < -0.4 is 10.2 Å². The van der Waals surface area contributed by atoms with Gasteiger partial charge in [-0.15, -0.1) is 0 Å². The number of benzene rings is 1. The van der Waals surface area contributed by atoms with Crippen LogP contribution in [0, 0.1) is 24.2 Å². The molecule has 0 aliphatic carbocycles. The fourth-order valence-corrected chi connectivity index (χ4v) is 3.74. The Labute approximate surface area is 176 Å². The highest BCUT2D eigenvalue weighted by Gasteiger charge is 2.29. The zero-order chi connectivity index (χ0) is 20.4. The van der Waals surface area contributed by atoms with Gasteiger partial charge in [-0.25, -0.2) is 0 Å². The molecule has 0 bridgehead atoms. The smallest absolute Gasteiger partial charge is 0.266 e. The molecular formula is C21H19BrN4O3. The average molecular weight is 455 g/mol.